The quantitative estimate of drug-likeness (QED) is 0.646. The van der Waals surface area contributed by atoms with Gasteiger partial charge in [0.1, 0.15) is 23.1 Å². The van der Waals surface area contributed by atoms with E-state index in [0.29, 0.717) is 5.75 Å². The Balaban J connectivity index is 1.87. The van der Waals surface area contributed by atoms with E-state index in [1.807, 2.05) is 30.3 Å². The van der Waals surface area contributed by atoms with Crippen molar-refractivity contribution in [3.63, 3.8) is 0 Å². The molecule has 0 radical (unpaired) electrons. The van der Waals surface area contributed by atoms with E-state index in [-0.39, 0.29) is 6.42 Å². The summed E-state index contributed by atoms with van der Waals surface area (Å²) in [6.07, 6.45) is -0.822. The zero-order chi connectivity index (χ0) is 19.2. The highest BCUT2D eigenvalue weighted by Gasteiger charge is 2.24. The third-order valence-corrected chi connectivity index (χ3v) is 3.23. The second kappa shape index (κ2) is 8.49. The van der Waals surface area contributed by atoms with Crippen LogP contribution in [0.15, 0.2) is 54.6 Å². The van der Waals surface area contributed by atoms with Crippen molar-refractivity contribution in [2.75, 3.05) is 0 Å². The van der Waals surface area contributed by atoms with Crippen molar-refractivity contribution in [2.45, 2.75) is 38.8 Å². The maximum atomic E-state index is 11.9. The fourth-order valence-corrected chi connectivity index (χ4v) is 2.08. The number of nitrogens with two attached hydrogens (primary N) is 1. The summed E-state index contributed by atoms with van der Waals surface area (Å²) in [5.41, 5.74) is 5.89. The Morgan fingerprint density at radius 2 is 1.54 bits per heavy atom. The molecule has 0 saturated carbocycles. The summed E-state index contributed by atoms with van der Waals surface area (Å²) in [5.74, 6) is 0.576. The van der Waals surface area contributed by atoms with Crippen molar-refractivity contribution in [2.24, 2.45) is 5.73 Å². The molecular weight excluding hydrogens is 334 g/mol. The number of hydrogen-bond acceptors (Lipinski definition) is 6. The van der Waals surface area contributed by atoms with Crippen LogP contribution in [0, 0.1) is 0 Å². The third-order valence-electron chi connectivity index (χ3n) is 3.23. The number of carbonyl (C=O) groups is 2. The smallest absolute Gasteiger partial charge is 0.457 e. The molecule has 26 heavy (non-hydrogen) atoms. The molecule has 2 N–H and O–H groups in total. The molecule has 0 aromatic heterocycles. The molecule has 2 rings (SSSR count). The predicted octanol–water partition coefficient (Wildman–Crippen LogP) is 3.83. The van der Waals surface area contributed by atoms with Crippen LogP contribution in [-0.4, -0.2) is 23.8 Å². The minimum Gasteiger partial charge on any atom is -0.457 e. The molecule has 0 amide bonds. The zero-order valence-electron chi connectivity index (χ0n) is 15.1. The van der Waals surface area contributed by atoms with Crippen molar-refractivity contribution in [1.29, 1.82) is 0 Å². The fourth-order valence-electron chi connectivity index (χ4n) is 2.08. The molecule has 0 unspecified atom stereocenters. The van der Waals surface area contributed by atoms with E-state index in [4.69, 9.17) is 15.2 Å². The molecule has 0 bridgehead atoms. The standard InChI is InChI=1S/C20H23NO5/c1-20(2,3)26-19(23)25-18(22)17(21)13-14-9-11-16(12-10-14)24-15-7-5-4-6-8-15/h4-12,17H,13,21H2,1-3H3/t17-/m0/s1. The molecule has 0 fully saturated rings. The summed E-state index contributed by atoms with van der Waals surface area (Å²) < 4.78 is 15.2. The summed E-state index contributed by atoms with van der Waals surface area (Å²) in [4.78, 5) is 23.4. The summed E-state index contributed by atoms with van der Waals surface area (Å²) in [6, 6.07) is 15.6. The lowest BCUT2D eigenvalue weighted by molar-refractivity contribution is -0.142. The Labute approximate surface area is 152 Å². The number of ether oxygens (including phenoxy) is 3. The first-order valence-corrected chi connectivity index (χ1v) is 8.25. The molecule has 0 heterocycles. The predicted molar refractivity (Wildman–Crippen MR) is 97.0 cm³/mol. The molecule has 6 heteroatoms. The molecule has 0 aliphatic heterocycles. The normalized spacial score (nSPS) is 12.2. The van der Waals surface area contributed by atoms with Gasteiger partial charge in [-0.15, -0.1) is 0 Å². The van der Waals surface area contributed by atoms with Crippen LogP contribution in [0.4, 0.5) is 4.79 Å². The minimum absolute atomic E-state index is 0.229. The fraction of sp³-hybridized carbons (Fsp3) is 0.300. The Morgan fingerprint density at radius 3 is 2.12 bits per heavy atom. The number of carbonyl (C=O) groups excluding carboxylic acids is 2. The van der Waals surface area contributed by atoms with Gasteiger partial charge in [0.25, 0.3) is 0 Å². The Morgan fingerprint density at radius 1 is 0.962 bits per heavy atom. The van der Waals surface area contributed by atoms with E-state index in [1.54, 1.807) is 45.0 Å². The maximum Gasteiger partial charge on any atom is 0.516 e. The van der Waals surface area contributed by atoms with Gasteiger partial charge in [-0.25, -0.2) is 9.59 Å². The lowest BCUT2D eigenvalue weighted by atomic mass is 10.1. The highest BCUT2D eigenvalue weighted by atomic mass is 16.7. The van der Waals surface area contributed by atoms with Crippen LogP contribution in [0.25, 0.3) is 0 Å². The molecule has 2 aromatic carbocycles. The van der Waals surface area contributed by atoms with Crippen LogP contribution in [0.5, 0.6) is 11.5 Å². The monoisotopic (exact) mass is 357 g/mol. The van der Waals surface area contributed by atoms with Crippen molar-refractivity contribution < 1.29 is 23.8 Å². The number of hydrogen-bond donors (Lipinski definition) is 1. The summed E-state index contributed by atoms with van der Waals surface area (Å²) in [7, 11) is 0. The Bertz CT molecular complexity index is 735. The van der Waals surface area contributed by atoms with Gasteiger partial charge < -0.3 is 19.9 Å². The van der Waals surface area contributed by atoms with E-state index in [0.717, 1.165) is 11.3 Å². The average molecular weight is 357 g/mol. The van der Waals surface area contributed by atoms with Crippen LogP contribution < -0.4 is 10.5 Å². The van der Waals surface area contributed by atoms with Gasteiger partial charge >= 0.3 is 12.1 Å². The van der Waals surface area contributed by atoms with Gasteiger partial charge in [-0.1, -0.05) is 30.3 Å². The lowest BCUT2D eigenvalue weighted by Crippen LogP contribution is -2.37. The topological polar surface area (TPSA) is 87.9 Å². The zero-order valence-corrected chi connectivity index (χ0v) is 15.1. The van der Waals surface area contributed by atoms with Gasteiger partial charge in [0.2, 0.25) is 0 Å². The van der Waals surface area contributed by atoms with Crippen LogP contribution in [0.2, 0.25) is 0 Å². The minimum atomic E-state index is -1.05. The van der Waals surface area contributed by atoms with Gasteiger partial charge in [0, 0.05) is 0 Å². The molecule has 138 valence electrons. The molecule has 1 atom stereocenters. The van der Waals surface area contributed by atoms with Gasteiger partial charge in [0.05, 0.1) is 0 Å². The van der Waals surface area contributed by atoms with Gasteiger partial charge in [-0.2, -0.15) is 0 Å². The Hall–Kier alpha value is -2.86. The summed E-state index contributed by atoms with van der Waals surface area (Å²) in [5, 5.41) is 0. The largest absolute Gasteiger partial charge is 0.516 e. The number of para-hydroxylation sites is 1. The maximum absolute atomic E-state index is 11.9. The molecule has 2 aromatic rings. The number of benzene rings is 2. The van der Waals surface area contributed by atoms with E-state index in [1.165, 1.54) is 0 Å². The lowest BCUT2D eigenvalue weighted by Gasteiger charge is -2.19. The first-order valence-electron chi connectivity index (χ1n) is 8.25. The van der Waals surface area contributed by atoms with Crippen LogP contribution in [-0.2, 0) is 20.7 Å². The number of rotatable bonds is 5. The van der Waals surface area contributed by atoms with Crippen molar-refractivity contribution >= 4 is 12.1 Å². The summed E-state index contributed by atoms with van der Waals surface area (Å²) in [6.45, 7) is 5.03. The average Bonchev–Trinajstić information content (AvgIpc) is 2.55. The van der Waals surface area contributed by atoms with Crippen LogP contribution >= 0.6 is 0 Å². The van der Waals surface area contributed by atoms with E-state index >= 15 is 0 Å². The molecular formula is C20H23NO5. The second-order valence-electron chi connectivity index (χ2n) is 6.76. The van der Waals surface area contributed by atoms with E-state index < -0.39 is 23.8 Å². The highest BCUT2D eigenvalue weighted by molar-refractivity contribution is 5.85. The van der Waals surface area contributed by atoms with Gasteiger partial charge in [-0.3, -0.25) is 0 Å². The van der Waals surface area contributed by atoms with Gasteiger partial charge in [-0.05, 0) is 57.0 Å². The second-order valence-corrected chi connectivity index (χ2v) is 6.76. The number of esters is 1. The van der Waals surface area contributed by atoms with E-state index in [9.17, 15) is 9.59 Å². The SMILES string of the molecule is CC(C)(C)OC(=O)OC(=O)[C@@H](N)Cc1ccc(Oc2ccccc2)cc1. The third kappa shape index (κ3) is 6.57. The molecule has 0 aliphatic carbocycles. The first-order chi connectivity index (χ1) is 12.2. The van der Waals surface area contributed by atoms with Crippen molar-refractivity contribution in [3.05, 3.63) is 60.2 Å². The van der Waals surface area contributed by atoms with Crippen molar-refractivity contribution in [1.82, 2.24) is 0 Å². The molecule has 6 nitrogen and oxygen atoms in total. The molecule has 0 spiro atoms. The molecule has 0 aliphatic rings. The Kier molecular flexibility index (Phi) is 6.36. The van der Waals surface area contributed by atoms with Gasteiger partial charge in [0.15, 0.2) is 0 Å². The first kappa shape index (κ1) is 19.5. The highest BCUT2D eigenvalue weighted by Crippen LogP contribution is 2.21. The van der Waals surface area contributed by atoms with Crippen molar-refractivity contribution in [3.8, 4) is 11.5 Å². The van der Waals surface area contributed by atoms with Crippen LogP contribution in [0.3, 0.4) is 0 Å². The van der Waals surface area contributed by atoms with E-state index in [2.05, 4.69) is 4.74 Å². The molecule has 0 saturated heterocycles. The van der Waals surface area contributed by atoms with Crippen LogP contribution in [0.1, 0.15) is 26.3 Å². The summed E-state index contributed by atoms with van der Waals surface area (Å²) >= 11 is 0.